The maximum atomic E-state index is 10.4. The molecule has 4 aromatic rings. The summed E-state index contributed by atoms with van der Waals surface area (Å²) in [5.74, 6) is 0.778. The van der Waals surface area contributed by atoms with Gasteiger partial charge in [-0.05, 0) is 35.0 Å². The Morgan fingerprint density at radius 3 is 2.64 bits per heavy atom. The number of aryl methyl sites for hydroxylation is 1. The van der Waals surface area contributed by atoms with Gasteiger partial charge in [0.15, 0.2) is 11.0 Å². The molecule has 0 unspecified atom stereocenters. The molecule has 126 valence electrons. The predicted molar refractivity (Wildman–Crippen MR) is 98.6 cm³/mol. The number of para-hydroxylation sites is 2. The van der Waals surface area contributed by atoms with Gasteiger partial charge in [0.05, 0.1) is 7.05 Å². The quantitative estimate of drug-likeness (QED) is 0.570. The minimum Gasteiger partial charge on any atom is -0.491 e. The molecular formula is C21H21N2O2+. The number of rotatable bonds is 5. The van der Waals surface area contributed by atoms with Crippen LogP contribution >= 0.6 is 0 Å². The highest BCUT2D eigenvalue weighted by Crippen LogP contribution is 2.20. The fraction of sp³-hybridized carbons (Fsp3) is 0.190. The van der Waals surface area contributed by atoms with E-state index in [-0.39, 0.29) is 6.61 Å². The number of aromatic nitrogens is 2. The first-order chi connectivity index (χ1) is 12.2. The molecule has 25 heavy (non-hydrogen) atoms. The van der Waals surface area contributed by atoms with E-state index in [4.69, 9.17) is 4.74 Å². The Bertz CT molecular complexity index is 1020. The predicted octanol–water partition coefficient (Wildman–Crippen LogP) is 3.06. The maximum absolute atomic E-state index is 10.4. The molecule has 0 fully saturated rings. The van der Waals surface area contributed by atoms with Crippen molar-refractivity contribution in [2.45, 2.75) is 12.6 Å². The van der Waals surface area contributed by atoms with Gasteiger partial charge in [-0.1, -0.05) is 42.5 Å². The smallest absolute Gasteiger partial charge is 0.244 e. The van der Waals surface area contributed by atoms with Crippen molar-refractivity contribution in [2.75, 3.05) is 6.61 Å². The molecule has 1 atom stereocenters. The standard InChI is InChI=1S/C21H21N2O2/c1-22-15-23(21-9-5-4-8-20(21)22)13-18(24)14-25-19-11-10-16-6-2-3-7-17(16)12-19/h2-12,15,18,24H,13-14H2,1H3/q+1/t18-/m1/s1. The first kappa shape index (κ1) is 15.7. The van der Waals surface area contributed by atoms with Crippen LogP contribution in [0.3, 0.4) is 0 Å². The second-order valence-electron chi connectivity index (χ2n) is 6.34. The van der Waals surface area contributed by atoms with E-state index in [2.05, 4.69) is 33.4 Å². The lowest BCUT2D eigenvalue weighted by atomic mass is 10.1. The van der Waals surface area contributed by atoms with Crippen LogP contribution in [0.4, 0.5) is 0 Å². The van der Waals surface area contributed by atoms with Crippen molar-refractivity contribution in [1.82, 2.24) is 4.57 Å². The second kappa shape index (κ2) is 6.57. The van der Waals surface area contributed by atoms with Gasteiger partial charge >= 0.3 is 0 Å². The number of hydrogen-bond donors (Lipinski definition) is 1. The molecule has 0 radical (unpaired) electrons. The summed E-state index contributed by atoms with van der Waals surface area (Å²) >= 11 is 0. The normalized spacial score (nSPS) is 12.6. The average Bonchev–Trinajstić information content (AvgIpc) is 2.96. The van der Waals surface area contributed by atoms with Crippen molar-refractivity contribution >= 4 is 21.8 Å². The van der Waals surface area contributed by atoms with Crippen molar-refractivity contribution < 1.29 is 14.4 Å². The molecule has 4 rings (SSSR count). The summed E-state index contributed by atoms with van der Waals surface area (Å²) < 4.78 is 9.92. The largest absolute Gasteiger partial charge is 0.491 e. The Labute approximate surface area is 146 Å². The molecule has 4 heteroatoms. The minimum absolute atomic E-state index is 0.258. The molecule has 1 heterocycles. The van der Waals surface area contributed by atoms with Gasteiger partial charge in [0, 0.05) is 0 Å². The first-order valence-corrected chi connectivity index (χ1v) is 8.44. The topological polar surface area (TPSA) is 38.3 Å². The molecule has 0 bridgehead atoms. The van der Waals surface area contributed by atoms with Crippen LogP contribution in [-0.2, 0) is 13.6 Å². The molecule has 0 spiro atoms. The number of imidazole rings is 1. The Balaban J connectivity index is 1.45. The Morgan fingerprint density at radius 2 is 1.76 bits per heavy atom. The summed E-state index contributed by atoms with van der Waals surface area (Å²) in [6, 6.07) is 22.3. The van der Waals surface area contributed by atoms with Crippen LogP contribution in [-0.4, -0.2) is 22.4 Å². The Kier molecular flexibility index (Phi) is 4.12. The van der Waals surface area contributed by atoms with E-state index in [1.54, 1.807) is 0 Å². The summed E-state index contributed by atoms with van der Waals surface area (Å²) in [4.78, 5) is 0. The maximum Gasteiger partial charge on any atom is 0.244 e. The molecule has 0 amide bonds. The van der Waals surface area contributed by atoms with Crippen LogP contribution in [0.15, 0.2) is 73.1 Å². The van der Waals surface area contributed by atoms with Gasteiger partial charge in [-0.25, -0.2) is 9.13 Å². The van der Waals surface area contributed by atoms with Crippen molar-refractivity contribution in [1.29, 1.82) is 0 Å². The van der Waals surface area contributed by atoms with Crippen LogP contribution in [0.2, 0.25) is 0 Å². The van der Waals surface area contributed by atoms with Gasteiger partial charge < -0.3 is 9.84 Å². The Morgan fingerprint density at radius 1 is 1.00 bits per heavy atom. The Hall–Kier alpha value is -2.85. The summed E-state index contributed by atoms with van der Waals surface area (Å²) in [6.45, 7) is 0.753. The molecule has 0 saturated heterocycles. The third-order valence-electron chi connectivity index (χ3n) is 4.45. The number of ether oxygens (including phenoxy) is 1. The second-order valence-corrected chi connectivity index (χ2v) is 6.34. The average molecular weight is 333 g/mol. The number of fused-ring (bicyclic) bond motifs is 2. The summed E-state index contributed by atoms with van der Waals surface area (Å²) in [5.41, 5.74) is 2.25. The van der Waals surface area contributed by atoms with Crippen molar-refractivity contribution in [3.8, 4) is 5.75 Å². The van der Waals surface area contributed by atoms with Crippen molar-refractivity contribution in [3.63, 3.8) is 0 Å². The summed E-state index contributed by atoms with van der Waals surface area (Å²) in [5, 5.41) is 12.7. The fourth-order valence-corrected chi connectivity index (χ4v) is 3.21. The molecule has 0 aliphatic rings. The third-order valence-corrected chi connectivity index (χ3v) is 4.45. The number of aliphatic hydroxyl groups is 1. The van der Waals surface area contributed by atoms with E-state index < -0.39 is 6.10 Å². The zero-order valence-electron chi connectivity index (χ0n) is 14.2. The fourth-order valence-electron chi connectivity index (χ4n) is 3.21. The molecule has 0 aliphatic carbocycles. The number of nitrogens with zero attached hydrogens (tertiary/aromatic N) is 2. The van der Waals surface area contributed by atoms with E-state index in [1.807, 2.05) is 55.8 Å². The molecular weight excluding hydrogens is 312 g/mol. The number of hydrogen-bond acceptors (Lipinski definition) is 2. The minimum atomic E-state index is -0.581. The lowest BCUT2D eigenvalue weighted by Crippen LogP contribution is -2.27. The van der Waals surface area contributed by atoms with Crippen LogP contribution < -0.4 is 9.30 Å². The molecule has 3 aromatic carbocycles. The summed E-state index contributed by atoms with van der Waals surface area (Å²) in [7, 11) is 2.01. The molecule has 1 N–H and O–H groups in total. The van der Waals surface area contributed by atoms with E-state index in [0.717, 1.165) is 22.2 Å². The highest BCUT2D eigenvalue weighted by molar-refractivity contribution is 5.83. The van der Waals surface area contributed by atoms with Gasteiger partial charge in [-0.3, -0.25) is 0 Å². The van der Waals surface area contributed by atoms with Crippen LogP contribution in [0.25, 0.3) is 21.8 Å². The first-order valence-electron chi connectivity index (χ1n) is 8.44. The van der Waals surface area contributed by atoms with Crippen molar-refractivity contribution in [2.24, 2.45) is 7.05 Å². The lowest BCUT2D eigenvalue weighted by Gasteiger charge is -2.11. The molecule has 0 aliphatic heterocycles. The highest BCUT2D eigenvalue weighted by Gasteiger charge is 2.16. The highest BCUT2D eigenvalue weighted by atomic mass is 16.5. The van der Waals surface area contributed by atoms with E-state index >= 15 is 0 Å². The van der Waals surface area contributed by atoms with E-state index in [0.29, 0.717) is 6.54 Å². The van der Waals surface area contributed by atoms with Gasteiger partial charge in [0.25, 0.3) is 0 Å². The van der Waals surface area contributed by atoms with E-state index in [9.17, 15) is 5.11 Å². The van der Waals surface area contributed by atoms with Crippen LogP contribution in [0.5, 0.6) is 5.75 Å². The SMILES string of the molecule is C[n+]1cn(C[C@@H](O)COc2ccc3ccccc3c2)c2ccccc21. The van der Waals surface area contributed by atoms with Crippen LogP contribution in [0, 0.1) is 0 Å². The van der Waals surface area contributed by atoms with Gasteiger partial charge in [0.1, 0.15) is 25.0 Å². The molecule has 1 aromatic heterocycles. The lowest BCUT2D eigenvalue weighted by molar-refractivity contribution is -0.645. The third kappa shape index (κ3) is 3.21. The van der Waals surface area contributed by atoms with Crippen molar-refractivity contribution in [3.05, 3.63) is 73.1 Å². The van der Waals surface area contributed by atoms with Gasteiger partial charge in [-0.2, -0.15) is 0 Å². The van der Waals surface area contributed by atoms with E-state index in [1.165, 1.54) is 5.39 Å². The molecule has 0 saturated carbocycles. The number of aliphatic hydroxyl groups excluding tert-OH is 1. The van der Waals surface area contributed by atoms with Crippen LogP contribution in [0.1, 0.15) is 0 Å². The monoisotopic (exact) mass is 333 g/mol. The summed E-state index contributed by atoms with van der Waals surface area (Å²) in [6.07, 6.45) is 1.42. The van der Waals surface area contributed by atoms with Gasteiger partial charge in [-0.15, -0.1) is 0 Å². The zero-order chi connectivity index (χ0) is 17.2. The number of benzene rings is 3. The van der Waals surface area contributed by atoms with Gasteiger partial charge in [0.2, 0.25) is 6.33 Å². The molecule has 4 nitrogen and oxygen atoms in total. The zero-order valence-corrected chi connectivity index (χ0v) is 14.2.